The topological polar surface area (TPSA) is 30.5 Å². The monoisotopic (exact) mass is 483 g/mol. The van der Waals surface area contributed by atoms with E-state index in [-0.39, 0.29) is 18.2 Å². The van der Waals surface area contributed by atoms with Crippen molar-refractivity contribution in [3.63, 3.8) is 0 Å². The van der Waals surface area contributed by atoms with E-state index in [2.05, 4.69) is 33.4 Å². The van der Waals surface area contributed by atoms with Crippen LogP contribution in [-0.4, -0.2) is 13.7 Å². The van der Waals surface area contributed by atoms with Gasteiger partial charge < -0.3 is 14.8 Å². The summed E-state index contributed by atoms with van der Waals surface area (Å²) in [6, 6.07) is 10.4. The Hall–Kier alpha value is -1.56. The second kappa shape index (κ2) is 12.2. The highest BCUT2D eigenvalue weighted by Gasteiger charge is 2.12. The molecule has 0 fully saturated rings. The maximum Gasteiger partial charge on any atom is 0.175 e. The first kappa shape index (κ1) is 23.7. The van der Waals surface area contributed by atoms with Crippen molar-refractivity contribution >= 4 is 28.3 Å². The number of benzene rings is 2. The van der Waals surface area contributed by atoms with Crippen molar-refractivity contribution in [2.24, 2.45) is 0 Å². The molecule has 2 aromatic rings. The summed E-state index contributed by atoms with van der Waals surface area (Å²) in [5.41, 5.74) is 3.62. The van der Waals surface area contributed by atoms with Crippen LogP contribution in [0.15, 0.2) is 52.5 Å². The first-order valence-electron chi connectivity index (χ1n) is 9.78. The Kier molecular flexibility index (Phi) is 9.98. The first-order valence-corrected chi connectivity index (χ1v) is 10.6. The molecule has 1 aliphatic rings. The van der Waals surface area contributed by atoms with E-state index < -0.39 is 0 Å². The summed E-state index contributed by atoms with van der Waals surface area (Å²) in [6.07, 6.45) is 8.67. The smallest absolute Gasteiger partial charge is 0.175 e. The lowest BCUT2D eigenvalue weighted by molar-refractivity contribution is 0.282. The number of rotatable bonds is 9. The van der Waals surface area contributed by atoms with E-state index in [4.69, 9.17) is 9.47 Å². The standard InChI is InChI=1S/C23H27BrFNO2.ClH/c1-27-22-14-19(15-26-12-11-17-5-3-2-4-6-17)13-21(24)23(22)28-16-18-7-9-20(25)10-8-18;/h5,7-10,13-14,26H,2-4,6,11-12,15-16H2,1H3;1H. The van der Waals surface area contributed by atoms with Gasteiger partial charge in [-0.1, -0.05) is 23.8 Å². The summed E-state index contributed by atoms with van der Waals surface area (Å²) >= 11 is 3.59. The Morgan fingerprint density at radius 1 is 1.10 bits per heavy atom. The van der Waals surface area contributed by atoms with Crippen molar-refractivity contribution in [1.29, 1.82) is 0 Å². The zero-order valence-electron chi connectivity index (χ0n) is 16.7. The Bertz CT molecular complexity index is 811. The summed E-state index contributed by atoms with van der Waals surface area (Å²) < 4.78 is 25.3. The highest BCUT2D eigenvalue weighted by atomic mass is 79.9. The molecule has 0 saturated heterocycles. The zero-order valence-corrected chi connectivity index (χ0v) is 19.1. The van der Waals surface area contributed by atoms with E-state index >= 15 is 0 Å². The fourth-order valence-electron chi connectivity index (χ4n) is 3.36. The maximum atomic E-state index is 13.0. The highest BCUT2D eigenvalue weighted by Crippen LogP contribution is 2.37. The summed E-state index contributed by atoms with van der Waals surface area (Å²) in [5, 5.41) is 3.52. The lowest BCUT2D eigenvalue weighted by Gasteiger charge is -2.16. The van der Waals surface area contributed by atoms with Crippen LogP contribution >= 0.6 is 28.3 Å². The lowest BCUT2D eigenvalue weighted by Crippen LogP contribution is -2.16. The maximum absolute atomic E-state index is 13.0. The van der Waals surface area contributed by atoms with Gasteiger partial charge in [-0.05, 0) is 90.0 Å². The minimum absolute atomic E-state index is 0. The van der Waals surface area contributed by atoms with Crippen LogP contribution in [0.1, 0.15) is 43.2 Å². The van der Waals surface area contributed by atoms with Crippen molar-refractivity contribution in [3.05, 3.63) is 69.5 Å². The molecule has 0 radical (unpaired) electrons. The summed E-state index contributed by atoms with van der Waals surface area (Å²) in [7, 11) is 1.64. The summed E-state index contributed by atoms with van der Waals surface area (Å²) in [5.74, 6) is 1.09. The van der Waals surface area contributed by atoms with Crippen molar-refractivity contribution in [2.75, 3.05) is 13.7 Å². The lowest BCUT2D eigenvalue weighted by atomic mass is 9.97. The van der Waals surface area contributed by atoms with Crippen LogP contribution in [0, 0.1) is 5.82 Å². The Morgan fingerprint density at radius 2 is 1.90 bits per heavy atom. The fourth-order valence-corrected chi connectivity index (χ4v) is 3.97. The quantitative estimate of drug-likeness (QED) is 0.322. The van der Waals surface area contributed by atoms with Gasteiger partial charge >= 0.3 is 0 Å². The van der Waals surface area contributed by atoms with Gasteiger partial charge in [0.15, 0.2) is 11.5 Å². The molecule has 0 aliphatic heterocycles. The normalized spacial score (nSPS) is 13.4. The predicted molar refractivity (Wildman–Crippen MR) is 122 cm³/mol. The van der Waals surface area contributed by atoms with Gasteiger partial charge in [-0.15, -0.1) is 12.4 Å². The van der Waals surface area contributed by atoms with Gasteiger partial charge in [-0.25, -0.2) is 4.39 Å². The molecule has 0 atom stereocenters. The fraction of sp³-hybridized carbons (Fsp3) is 0.391. The van der Waals surface area contributed by atoms with Gasteiger partial charge in [0.1, 0.15) is 12.4 Å². The minimum atomic E-state index is -0.251. The van der Waals surface area contributed by atoms with E-state index in [1.807, 2.05) is 6.07 Å². The molecule has 1 N–H and O–H groups in total. The van der Waals surface area contributed by atoms with Crippen LogP contribution in [0.4, 0.5) is 4.39 Å². The summed E-state index contributed by atoms with van der Waals surface area (Å²) in [4.78, 5) is 0. The molecular weight excluding hydrogens is 457 g/mol. The Labute approximate surface area is 187 Å². The van der Waals surface area contributed by atoms with E-state index in [1.54, 1.807) is 24.8 Å². The van der Waals surface area contributed by atoms with Crippen LogP contribution in [0.3, 0.4) is 0 Å². The molecule has 0 heterocycles. The van der Waals surface area contributed by atoms with E-state index in [0.29, 0.717) is 18.1 Å². The predicted octanol–water partition coefficient (Wildman–Crippen LogP) is 6.58. The third-order valence-corrected chi connectivity index (χ3v) is 5.51. The molecule has 6 heteroatoms. The van der Waals surface area contributed by atoms with Crippen LogP contribution in [0.25, 0.3) is 0 Å². The molecule has 0 spiro atoms. The number of hydrogen-bond acceptors (Lipinski definition) is 3. The third-order valence-electron chi connectivity index (χ3n) is 4.92. The second-order valence-electron chi connectivity index (χ2n) is 7.06. The SMILES string of the molecule is COc1cc(CNCCC2=CCCCC2)cc(Br)c1OCc1ccc(F)cc1.Cl. The number of ether oxygens (including phenoxy) is 2. The van der Waals surface area contributed by atoms with Crippen LogP contribution in [-0.2, 0) is 13.2 Å². The van der Waals surface area contributed by atoms with Gasteiger partial charge in [-0.2, -0.15) is 0 Å². The number of allylic oxidation sites excluding steroid dienone is 1. The van der Waals surface area contributed by atoms with E-state index in [9.17, 15) is 4.39 Å². The van der Waals surface area contributed by atoms with Crippen LogP contribution in [0.5, 0.6) is 11.5 Å². The van der Waals surface area contributed by atoms with Crippen molar-refractivity contribution in [1.82, 2.24) is 5.32 Å². The molecule has 0 unspecified atom stereocenters. The third kappa shape index (κ3) is 7.32. The molecule has 2 aromatic carbocycles. The molecule has 0 saturated carbocycles. The molecule has 0 aromatic heterocycles. The van der Waals surface area contributed by atoms with Gasteiger partial charge in [0.2, 0.25) is 0 Å². The van der Waals surface area contributed by atoms with Crippen molar-refractivity contribution in [3.8, 4) is 11.5 Å². The molecule has 29 heavy (non-hydrogen) atoms. The molecule has 3 nitrogen and oxygen atoms in total. The zero-order chi connectivity index (χ0) is 19.8. The number of hydrogen-bond donors (Lipinski definition) is 1. The van der Waals surface area contributed by atoms with Gasteiger partial charge in [0, 0.05) is 6.54 Å². The summed E-state index contributed by atoms with van der Waals surface area (Å²) in [6.45, 7) is 2.11. The number of methoxy groups -OCH3 is 1. The van der Waals surface area contributed by atoms with Gasteiger partial charge in [0.05, 0.1) is 11.6 Å². The van der Waals surface area contributed by atoms with Gasteiger partial charge in [-0.3, -0.25) is 0 Å². The Morgan fingerprint density at radius 3 is 2.59 bits per heavy atom. The first-order chi connectivity index (χ1) is 13.7. The molecule has 1 aliphatic carbocycles. The van der Waals surface area contributed by atoms with E-state index in [0.717, 1.165) is 35.1 Å². The van der Waals surface area contributed by atoms with Crippen LogP contribution < -0.4 is 14.8 Å². The van der Waals surface area contributed by atoms with E-state index in [1.165, 1.54) is 37.8 Å². The highest BCUT2D eigenvalue weighted by molar-refractivity contribution is 9.10. The van der Waals surface area contributed by atoms with Crippen molar-refractivity contribution in [2.45, 2.75) is 45.3 Å². The Balaban J connectivity index is 0.00000300. The minimum Gasteiger partial charge on any atom is -0.493 e. The molecule has 0 bridgehead atoms. The van der Waals surface area contributed by atoms with Gasteiger partial charge in [0.25, 0.3) is 0 Å². The molecular formula is C23H28BrClFNO2. The molecule has 158 valence electrons. The molecule has 3 rings (SSSR count). The average Bonchev–Trinajstić information content (AvgIpc) is 2.72. The number of nitrogens with one attached hydrogen (secondary N) is 1. The van der Waals surface area contributed by atoms with Crippen molar-refractivity contribution < 1.29 is 13.9 Å². The average molecular weight is 485 g/mol. The van der Waals surface area contributed by atoms with Crippen LogP contribution in [0.2, 0.25) is 0 Å². The largest absolute Gasteiger partial charge is 0.493 e. The number of halogens is 3. The second-order valence-corrected chi connectivity index (χ2v) is 7.91. The molecule has 0 amide bonds.